The number of ether oxygens (including phenoxy) is 7. The lowest BCUT2D eigenvalue weighted by atomic mass is 9.90. The molecule has 0 aliphatic heterocycles. The van der Waals surface area contributed by atoms with E-state index >= 15 is 0 Å². The maximum absolute atomic E-state index is 12.3. The summed E-state index contributed by atoms with van der Waals surface area (Å²) in [6.07, 6.45) is 1.54. The first-order valence-corrected chi connectivity index (χ1v) is 25.8. The average molecular weight is 1080 g/mol. The Kier molecular flexibility index (Phi) is 30.6. The third kappa shape index (κ3) is 22.8. The minimum absolute atomic E-state index is 0.0189. The Morgan fingerprint density at radius 3 is 1.25 bits per heavy atom. The number of nitrogens with zero attached hydrogens (tertiary/aromatic N) is 1. The molecule has 17 nitrogen and oxygen atoms in total. The molecule has 69 heavy (non-hydrogen) atoms. The van der Waals surface area contributed by atoms with Crippen molar-refractivity contribution in [2.24, 2.45) is 10.8 Å². The lowest BCUT2D eigenvalue weighted by molar-refractivity contribution is -0.174. The number of hydrogen-bond donors (Lipinski definition) is 8. The van der Waals surface area contributed by atoms with Crippen molar-refractivity contribution in [3.05, 3.63) is 55.1 Å². The number of thiol groups is 6. The van der Waals surface area contributed by atoms with Crippen LogP contribution >= 0.6 is 75.8 Å². The molecule has 1 aromatic heterocycles. The number of aryl methyl sites for hydroxylation is 1. The number of aromatic nitrogens is 1. The van der Waals surface area contributed by atoms with E-state index in [-0.39, 0.29) is 132 Å². The summed E-state index contributed by atoms with van der Waals surface area (Å²) in [5, 5.41) is 7.92. The van der Waals surface area contributed by atoms with E-state index in [0.29, 0.717) is 6.54 Å². The van der Waals surface area contributed by atoms with Crippen LogP contribution < -0.4 is 10.6 Å². The van der Waals surface area contributed by atoms with E-state index in [1.54, 1.807) is 6.08 Å². The Balaban J connectivity index is 0.000000607. The van der Waals surface area contributed by atoms with E-state index in [1.165, 1.54) is 16.4 Å². The van der Waals surface area contributed by atoms with Crippen molar-refractivity contribution in [1.82, 2.24) is 9.88 Å². The number of benzene rings is 2. The Morgan fingerprint density at radius 1 is 0.536 bits per heavy atom. The monoisotopic (exact) mass is 1080 g/mol. The number of amides is 2. The fourth-order valence-electron chi connectivity index (χ4n) is 6.18. The number of para-hydroxylation sites is 1. The predicted molar refractivity (Wildman–Crippen MR) is 285 cm³/mol. The summed E-state index contributed by atoms with van der Waals surface area (Å²) in [5.41, 5.74) is 0.358. The number of urea groups is 1. The van der Waals surface area contributed by atoms with Crippen LogP contribution in [0.4, 0.5) is 10.5 Å². The molecule has 0 fully saturated rings. The number of rotatable bonds is 32. The molecule has 0 unspecified atom stereocenters. The van der Waals surface area contributed by atoms with Gasteiger partial charge in [-0.1, -0.05) is 24.3 Å². The first-order valence-electron chi connectivity index (χ1n) is 22.0. The molecule has 384 valence electrons. The molecule has 0 radical (unpaired) electrons. The summed E-state index contributed by atoms with van der Waals surface area (Å²) in [5.74, 6) is -2.37. The van der Waals surface area contributed by atoms with Crippen LogP contribution in [0.1, 0.15) is 45.4 Å². The summed E-state index contributed by atoms with van der Waals surface area (Å²) in [6.45, 7) is 4.06. The fourth-order valence-corrected chi connectivity index (χ4v) is 7.27. The average Bonchev–Trinajstić information content (AvgIpc) is 3.65. The van der Waals surface area contributed by atoms with Gasteiger partial charge in [0, 0.05) is 75.1 Å². The van der Waals surface area contributed by atoms with Gasteiger partial charge in [0.1, 0.15) is 39.6 Å². The van der Waals surface area contributed by atoms with Gasteiger partial charge < -0.3 is 48.4 Å². The van der Waals surface area contributed by atoms with Gasteiger partial charge in [0.2, 0.25) is 0 Å². The molecule has 2 N–H and O–H groups in total. The number of anilines is 1. The molecule has 3 aromatic rings. The second-order valence-electron chi connectivity index (χ2n) is 15.4. The first-order chi connectivity index (χ1) is 33.2. The van der Waals surface area contributed by atoms with Crippen LogP contribution in [-0.4, -0.2) is 140 Å². The SMILES string of the molecule is C=CCNC(=O)Nc1ccc2c(c1)c1ccccc1n2CC.O=C(CCS)OCC(COCC(COC(=O)CCS)(COC(=O)CCS)COC(=O)CCS)(COC(=O)CCS)COC(=O)CCS. The molecule has 0 saturated heterocycles. The van der Waals surface area contributed by atoms with Crippen LogP contribution in [0, 0.1) is 10.8 Å². The topological polar surface area (TPSA) is 213 Å². The van der Waals surface area contributed by atoms with Crippen molar-refractivity contribution in [1.29, 1.82) is 0 Å². The van der Waals surface area contributed by atoms with E-state index in [9.17, 15) is 33.6 Å². The van der Waals surface area contributed by atoms with Gasteiger partial charge in [-0.2, -0.15) is 75.8 Å². The Morgan fingerprint density at radius 2 is 0.899 bits per heavy atom. The molecule has 3 rings (SSSR count). The molecule has 0 saturated carbocycles. The maximum atomic E-state index is 12.3. The molecule has 0 aliphatic carbocycles. The lowest BCUT2D eigenvalue weighted by Gasteiger charge is -2.35. The summed E-state index contributed by atoms with van der Waals surface area (Å²) in [6, 6.07) is 14.1. The number of fused-ring (bicyclic) bond motifs is 3. The summed E-state index contributed by atoms with van der Waals surface area (Å²) in [7, 11) is 0. The Hall–Kier alpha value is -3.87. The van der Waals surface area contributed by atoms with Crippen LogP contribution in [0.3, 0.4) is 0 Å². The van der Waals surface area contributed by atoms with Crippen LogP contribution in [-0.2, 0) is 68.5 Å². The van der Waals surface area contributed by atoms with Gasteiger partial charge in [0.25, 0.3) is 0 Å². The van der Waals surface area contributed by atoms with Crippen LogP contribution in [0.5, 0.6) is 0 Å². The highest BCUT2D eigenvalue weighted by molar-refractivity contribution is 7.81. The molecule has 2 aromatic carbocycles. The van der Waals surface area contributed by atoms with Crippen molar-refractivity contribution >= 4 is 145 Å². The number of esters is 6. The van der Waals surface area contributed by atoms with Crippen molar-refractivity contribution < 1.29 is 66.7 Å². The molecule has 0 spiro atoms. The van der Waals surface area contributed by atoms with E-state index in [2.05, 4.69) is 129 Å². The minimum atomic E-state index is -1.41. The molecular formula is C46H65N3O14S6. The summed E-state index contributed by atoms with van der Waals surface area (Å²) >= 11 is 24.2. The van der Waals surface area contributed by atoms with E-state index < -0.39 is 46.6 Å². The normalized spacial score (nSPS) is 11.2. The third-order valence-corrected chi connectivity index (χ3v) is 11.0. The fraction of sp³-hybridized carbons (Fsp3) is 0.543. The molecule has 0 atom stereocenters. The Labute approximate surface area is 436 Å². The number of nitrogens with one attached hydrogen (secondary N) is 2. The van der Waals surface area contributed by atoms with E-state index in [1.807, 2.05) is 18.2 Å². The second-order valence-corrected chi connectivity index (χ2v) is 18.1. The highest BCUT2D eigenvalue weighted by Crippen LogP contribution is 2.31. The largest absolute Gasteiger partial charge is 0.465 e. The number of carbonyl (C=O) groups excluding carboxylic acids is 7. The molecular weight excluding hydrogens is 1010 g/mol. The van der Waals surface area contributed by atoms with Crippen LogP contribution in [0.25, 0.3) is 21.8 Å². The number of carbonyl (C=O) groups is 7. The van der Waals surface area contributed by atoms with Gasteiger partial charge in [-0.3, -0.25) is 28.8 Å². The van der Waals surface area contributed by atoms with Crippen molar-refractivity contribution in [3.8, 4) is 0 Å². The first kappa shape index (κ1) is 61.3. The Bertz CT molecular complexity index is 1940. The molecule has 23 heteroatoms. The van der Waals surface area contributed by atoms with Crippen molar-refractivity contribution in [2.75, 3.05) is 99.2 Å². The third-order valence-electron chi connectivity index (χ3n) is 9.70. The molecule has 1 heterocycles. The highest BCUT2D eigenvalue weighted by atomic mass is 32.1. The molecule has 0 bridgehead atoms. The van der Waals surface area contributed by atoms with Crippen LogP contribution in [0.2, 0.25) is 0 Å². The lowest BCUT2D eigenvalue weighted by Crippen LogP contribution is -2.47. The smallest absolute Gasteiger partial charge is 0.319 e. The highest BCUT2D eigenvalue weighted by Gasteiger charge is 2.41. The van der Waals surface area contributed by atoms with Gasteiger partial charge in [-0.15, -0.1) is 6.58 Å². The van der Waals surface area contributed by atoms with E-state index in [0.717, 1.165) is 17.6 Å². The van der Waals surface area contributed by atoms with E-state index in [4.69, 9.17) is 33.2 Å². The zero-order valence-electron chi connectivity index (χ0n) is 38.7. The number of hydrogen-bond acceptors (Lipinski definition) is 20. The standard InChI is InChI=1S/C28H46O13S6.C18H19N3O/c29-21(1-7-42)36-15-27(16-37-22(30)2-8-43,17-38-23(31)3-9-44)13-35-14-28(18-39-24(32)4-10-45,19-40-25(33)5-11-46)20-41-26(34)6-12-47;1-3-11-19-18(22)20-13-9-10-17-15(12-13)14-7-5-6-8-16(14)21(17)4-2/h42-47H,1-20H2;3,5-10,12H,1,4,11H2,2H3,(H2,19,20,22). The van der Waals surface area contributed by atoms with Crippen molar-refractivity contribution in [2.45, 2.75) is 52.0 Å². The van der Waals surface area contributed by atoms with Gasteiger partial charge in [-0.25, -0.2) is 4.79 Å². The second kappa shape index (κ2) is 34.5. The van der Waals surface area contributed by atoms with Crippen LogP contribution in [0.15, 0.2) is 55.1 Å². The minimum Gasteiger partial charge on any atom is -0.465 e. The zero-order valence-corrected chi connectivity index (χ0v) is 44.1. The van der Waals surface area contributed by atoms with Crippen molar-refractivity contribution in [3.63, 3.8) is 0 Å². The maximum Gasteiger partial charge on any atom is 0.319 e. The summed E-state index contributed by atoms with van der Waals surface area (Å²) in [4.78, 5) is 85.6. The molecule has 0 aliphatic rings. The van der Waals surface area contributed by atoms with Gasteiger partial charge >= 0.3 is 41.8 Å². The van der Waals surface area contributed by atoms with Gasteiger partial charge in [0.05, 0.1) is 62.6 Å². The summed E-state index contributed by atoms with van der Waals surface area (Å²) < 4.78 is 40.9. The van der Waals surface area contributed by atoms with Gasteiger partial charge in [-0.05, 0) is 31.2 Å². The van der Waals surface area contributed by atoms with Gasteiger partial charge in [0.15, 0.2) is 0 Å². The predicted octanol–water partition coefficient (Wildman–Crippen LogP) is 6.28. The molecule has 2 amide bonds. The quantitative estimate of drug-likeness (QED) is 0.0150. The zero-order chi connectivity index (χ0) is 51.1.